The number of carbonyl (C=O) groups excluding carboxylic acids is 3. The van der Waals surface area contributed by atoms with Gasteiger partial charge in [0.2, 0.25) is 17.7 Å². The van der Waals surface area contributed by atoms with Crippen LogP contribution in [0.4, 0.5) is 5.69 Å². The molecule has 2 aromatic carbocycles. The fraction of sp³-hybridized carbons (Fsp3) is 0.444. The first-order chi connectivity index (χ1) is 16.9. The Morgan fingerprint density at radius 2 is 1.80 bits per heavy atom. The molecule has 3 fully saturated rings. The minimum absolute atomic E-state index is 0.00602. The Morgan fingerprint density at radius 3 is 2.49 bits per heavy atom. The van der Waals surface area contributed by atoms with Crippen LogP contribution >= 0.6 is 11.8 Å². The fourth-order valence-corrected chi connectivity index (χ4v) is 8.43. The number of nitrogens with one attached hydrogen (secondary N) is 2. The number of aliphatic hydroxyl groups excluding tert-OH is 1. The number of likely N-dealkylation sites (tertiary alicyclic amines) is 1. The molecule has 3 heterocycles. The van der Waals surface area contributed by atoms with Gasteiger partial charge in [-0.25, -0.2) is 0 Å². The molecule has 0 saturated carbocycles. The van der Waals surface area contributed by atoms with Gasteiger partial charge in [-0.2, -0.15) is 0 Å². The number of hydrogen-bond acceptors (Lipinski definition) is 5. The molecule has 35 heavy (non-hydrogen) atoms. The topological polar surface area (TPSA) is 98.7 Å². The Morgan fingerprint density at radius 1 is 1.09 bits per heavy atom. The van der Waals surface area contributed by atoms with Gasteiger partial charge in [0.1, 0.15) is 6.04 Å². The van der Waals surface area contributed by atoms with E-state index in [-0.39, 0.29) is 36.1 Å². The number of amides is 3. The summed E-state index contributed by atoms with van der Waals surface area (Å²) in [5.74, 6) is -1.63. The van der Waals surface area contributed by atoms with Crippen LogP contribution in [0, 0.1) is 25.7 Å². The first kappa shape index (κ1) is 23.9. The van der Waals surface area contributed by atoms with Crippen molar-refractivity contribution in [2.24, 2.45) is 11.8 Å². The second kappa shape index (κ2) is 9.32. The Labute approximate surface area is 209 Å². The number of anilines is 1. The average Bonchev–Trinajstić information content (AvgIpc) is 3.48. The van der Waals surface area contributed by atoms with Gasteiger partial charge in [-0.05, 0) is 43.4 Å². The number of hydrogen-bond donors (Lipinski definition) is 3. The van der Waals surface area contributed by atoms with E-state index in [0.29, 0.717) is 13.0 Å². The summed E-state index contributed by atoms with van der Waals surface area (Å²) in [5.41, 5.74) is 3.65. The normalized spacial score (nSPS) is 28.8. The average molecular weight is 494 g/mol. The number of aryl methyl sites for hydroxylation is 2. The number of aliphatic hydroxyl groups is 1. The van der Waals surface area contributed by atoms with E-state index in [1.54, 1.807) is 11.8 Å². The summed E-state index contributed by atoms with van der Waals surface area (Å²) in [5, 5.41) is 15.8. The maximum atomic E-state index is 13.8. The zero-order valence-electron chi connectivity index (χ0n) is 20.0. The van der Waals surface area contributed by atoms with Crippen molar-refractivity contribution >= 4 is 35.2 Å². The molecule has 8 heteroatoms. The van der Waals surface area contributed by atoms with Gasteiger partial charge >= 0.3 is 0 Å². The Hall–Kier alpha value is -2.84. The van der Waals surface area contributed by atoms with Crippen molar-refractivity contribution in [1.82, 2.24) is 10.2 Å². The molecule has 3 aliphatic heterocycles. The summed E-state index contributed by atoms with van der Waals surface area (Å²) in [6.07, 6.45) is 1.49. The van der Waals surface area contributed by atoms with Crippen LogP contribution in [0.25, 0.3) is 0 Å². The zero-order valence-corrected chi connectivity index (χ0v) is 20.8. The summed E-state index contributed by atoms with van der Waals surface area (Å²) in [4.78, 5) is 42.3. The Bertz CT molecular complexity index is 1140. The van der Waals surface area contributed by atoms with Gasteiger partial charge < -0.3 is 20.6 Å². The zero-order chi connectivity index (χ0) is 24.7. The highest BCUT2D eigenvalue weighted by atomic mass is 32.2. The third-order valence-corrected chi connectivity index (χ3v) is 9.68. The maximum absolute atomic E-state index is 13.8. The monoisotopic (exact) mass is 493 g/mol. The van der Waals surface area contributed by atoms with Crippen LogP contribution in [0.15, 0.2) is 48.5 Å². The number of benzene rings is 2. The molecule has 0 aliphatic carbocycles. The van der Waals surface area contributed by atoms with E-state index in [1.807, 2.05) is 62.4 Å². The van der Waals surface area contributed by atoms with Crippen molar-refractivity contribution in [3.05, 3.63) is 65.2 Å². The van der Waals surface area contributed by atoms with E-state index >= 15 is 0 Å². The molecule has 3 amide bonds. The second-order valence-corrected chi connectivity index (χ2v) is 11.4. The first-order valence-corrected chi connectivity index (χ1v) is 13.0. The van der Waals surface area contributed by atoms with Gasteiger partial charge in [0.15, 0.2) is 0 Å². The van der Waals surface area contributed by atoms with Crippen molar-refractivity contribution < 1.29 is 19.5 Å². The fourth-order valence-electron chi connectivity index (χ4n) is 6.21. The molecule has 7 nitrogen and oxygen atoms in total. The molecule has 0 radical (unpaired) electrons. The number of rotatable bonds is 7. The molecule has 1 spiro atoms. The predicted molar refractivity (Wildman–Crippen MR) is 136 cm³/mol. The number of fused-ring (bicyclic) bond motifs is 1. The Balaban J connectivity index is 1.42. The molecule has 3 N–H and O–H groups in total. The highest BCUT2D eigenvalue weighted by Gasteiger charge is 2.73. The Kier molecular flexibility index (Phi) is 6.36. The highest BCUT2D eigenvalue weighted by molar-refractivity contribution is 8.02. The molecule has 184 valence electrons. The molecular weight excluding hydrogens is 462 g/mol. The van der Waals surface area contributed by atoms with Gasteiger partial charge in [-0.3, -0.25) is 14.4 Å². The molecular formula is C27H31N3O4S. The number of nitrogens with zero attached hydrogens (tertiary/aromatic N) is 1. The van der Waals surface area contributed by atoms with Gasteiger partial charge in [0.25, 0.3) is 0 Å². The van der Waals surface area contributed by atoms with Crippen LogP contribution in [0.3, 0.4) is 0 Å². The lowest BCUT2D eigenvalue weighted by atomic mass is 9.70. The molecule has 5 rings (SSSR count). The van der Waals surface area contributed by atoms with Crippen molar-refractivity contribution in [1.29, 1.82) is 0 Å². The summed E-state index contributed by atoms with van der Waals surface area (Å²) in [6, 6.07) is 14.8. The van der Waals surface area contributed by atoms with Gasteiger partial charge in [-0.15, -0.1) is 11.8 Å². The molecule has 5 atom stereocenters. The lowest BCUT2D eigenvalue weighted by Crippen LogP contribution is -2.52. The molecule has 3 aliphatic rings. The number of thioether (sulfide) groups is 1. The predicted octanol–water partition coefficient (Wildman–Crippen LogP) is 2.64. The van der Waals surface area contributed by atoms with E-state index < -0.39 is 22.6 Å². The standard InChI is InChI=1S/C27H31N3O4S/c1-16-7-6-8-17(2)22(16)29-25(33)23-27-12-11-19(35-27)20(21(27)26(34)30(23)13-14-31)24(32)28-15-18-9-4-3-5-10-18/h3-10,19-21,23,31H,11-15H2,1-2H3,(H,28,32)(H,29,33)/t19-,20+,21+,23?,27?/m1/s1. The first-order valence-electron chi connectivity index (χ1n) is 12.2. The smallest absolute Gasteiger partial charge is 0.248 e. The van der Waals surface area contributed by atoms with Crippen molar-refractivity contribution in [2.45, 2.75) is 49.3 Å². The van der Waals surface area contributed by atoms with Gasteiger partial charge in [0, 0.05) is 24.0 Å². The van der Waals surface area contributed by atoms with Gasteiger partial charge in [-0.1, -0.05) is 48.5 Å². The van der Waals surface area contributed by atoms with Crippen molar-refractivity contribution in [3.63, 3.8) is 0 Å². The lowest BCUT2D eigenvalue weighted by Gasteiger charge is -2.34. The summed E-state index contributed by atoms with van der Waals surface area (Å²) >= 11 is 1.63. The molecule has 2 bridgehead atoms. The summed E-state index contributed by atoms with van der Waals surface area (Å²) in [7, 11) is 0. The minimum Gasteiger partial charge on any atom is -0.395 e. The number of carbonyl (C=O) groups is 3. The van der Waals surface area contributed by atoms with Crippen LogP contribution in [0.2, 0.25) is 0 Å². The van der Waals surface area contributed by atoms with Crippen molar-refractivity contribution in [2.75, 3.05) is 18.5 Å². The van der Waals surface area contributed by atoms with Crippen LogP contribution in [0.5, 0.6) is 0 Å². The summed E-state index contributed by atoms with van der Waals surface area (Å²) < 4.78 is -0.660. The maximum Gasteiger partial charge on any atom is 0.248 e. The van der Waals surface area contributed by atoms with E-state index in [2.05, 4.69) is 10.6 Å². The van der Waals surface area contributed by atoms with E-state index in [0.717, 1.165) is 28.8 Å². The van der Waals surface area contributed by atoms with E-state index in [4.69, 9.17) is 0 Å². The molecule has 3 saturated heterocycles. The largest absolute Gasteiger partial charge is 0.395 e. The quantitative estimate of drug-likeness (QED) is 0.551. The van der Waals surface area contributed by atoms with E-state index in [9.17, 15) is 19.5 Å². The van der Waals surface area contributed by atoms with Crippen LogP contribution in [-0.2, 0) is 20.9 Å². The molecule has 0 aromatic heterocycles. The van der Waals surface area contributed by atoms with E-state index in [1.165, 1.54) is 4.90 Å². The van der Waals surface area contributed by atoms with Crippen LogP contribution in [-0.4, -0.2) is 56.9 Å². The lowest BCUT2D eigenvalue weighted by molar-refractivity contribution is -0.139. The number of para-hydroxylation sites is 1. The third kappa shape index (κ3) is 3.93. The molecule has 2 unspecified atom stereocenters. The summed E-state index contributed by atoms with van der Waals surface area (Å²) in [6.45, 7) is 4.13. The highest BCUT2D eigenvalue weighted by Crippen LogP contribution is 2.66. The SMILES string of the molecule is Cc1cccc(C)c1NC(=O)C1N(CCO)C(=O)[C@@H]2[C@@H](C(=O)NCc3ccccc3)[C@H]3CCC12S3. The van der Waals surface area contributed by atoms with Crippen LogP contribution < -0.4 is 10.6 Å². The number of β-amino-alcohol motifs (C(OH)–C–C–N with tert-alkyl or cyclic N) is 1. The van der Waals surface area contributed by atoms with Crippen LogP contribution in [0.1, 0.15) is 29.5 Å². The second-order valence-electron chi connectivity index (χ2n) is 9.77. The molecule has 2 aromatic rings. The van der Waals surface area contributed by atoms with Gasteiger partial charge in [0.05, 0.1) is 23.2 Å². The van der Waals surface area contributed by atoms with Crippen molar-refractivity contribution in [3.8, 4) is 0 Å². The third-order valence-electron chi connectivity index (χ3n) is 7.73. The minimum atomic E-state index is -0.729.